The van der Waals surface area contributed by atoms with Gasteiger partial charge in [-0.15, -0.1) is 10.2 Å². The van der Waals surface area contributed by atoms with Crippen molar-refractivity contribution >= 4 is 16.5 Å². The van der Waals surface area contributed by atoms with Gasteiger partial charge in [0.05, 0.1) is 0 Å². The number of anilines is 1. The van der Waals surface area contributed by atoms with E-state index in [2.05, 4.69) is 15.5 Å². The van der Waals surface area contributed by atoms with Gasteiger partial charge in [-0.05, 0) is 12.3 Å². The highest BCUT2D eigenvalue weighted by Gasteiger charge is 2.35. The van der Waals surface area contributed by atoms with Gasteiger partial charge in [-0.3, -0.25) is 0 Å². The maximum atomic E-state index is 12.2. The summed E-state index contributed by atoms with van der Waals surface area (Å²) in [6.07, 6.45) is -3.84. The molecule has 0 radical (unpaired) electrons. The summed E-state index contributed by atoms with van der Waals surface area (Å²) in [5, 5.41) is 17.0. The average molecular weight is 255 g/mol. The second kappa shape index (κ2) is 5.44. The molecule has 0 fully saturated rings. The standard InChI is InChI=1S/C8H12F3N3OS/c1-5(2-3-15)4-12-7-14-13-6(16-7)8(9,10)11/h5,15H,2-4H2,1H3,(H,12,14)/t5-/m0/s1. The topological polar surface area (TPSA) is 58.0 Å². The molecule has 1 aromatic heterocycles. The first-order valence-corrected chi connectivity index (χ1v) is 5.50. The first-order valence-electron chi connectivity index (χ1n) is 4.69. The van der Waals surface area contributed by atoms with Crippen LogP contribution < -0.4 is 5.32 Å². The number of nitrogens with one attached hydrogen (secondary N) is 1. The van der Waals surface area contributed by atoms with Crippen molar-refractivity contribution in [1.82, 2.24) is 10.2 Å². The van der Waals surface area contributed by atoms with Crippen molar-refractivity contribution < 1.29 is 18.3 Å². The number of alkyl halides is 3. The van der Waals surface area contributed by atoms with Gasteiger partial charge in [-0.25, -0.2) is 0 Å². The Hall–Kier alpha value is -0.890. The zero-order valence-corrected chi connectivity index (χ0v) is 9.40. The van der Waals surface area contributed by atoms with Crippen molar-refractivity contribution in [2.45, 2.75) is 19.5 Å². The number of nitrogens with zero attached hydrogens (tertiary/aromatic N) is 2. The molecular weight excluding hydrogens is 243 g/mol. The van der Waals surface area contributed by atoms with Crippen LogP contribution in [-0.4, -0.2) is 28.5 Å². The van der Waals surface area contributed by atoms with Crippen LogP contribution in [-0.2, 0) is 6.18 Å². The van der Waals surface area contributed by atoms with Gasteiger partial charge in [-0.2, -0.15) is 13.2 Å². The van der Waals surface area contributed by atoms with Crippen LogP contribution in [0.4, 0.5) is 18.3 Å². The van der Waals surface area contributed by atoms with Crippen molar-refractivity contribution in [3.63, 3.8) is 0 Å². The summed E-state index contributed by atoms with van der Waals surface area (Å²) < 4.78 is 36.5. The molecule has 16 heavy (non-hydrogen) atoms. The zero-order valence-electron chi connectivity index (χ0n) is 8.58. The van der Waals surface area contributed by atoms with Crippen molar-refractivity contribution in [2.75, 3.05) is 18.5 Å². The maximum absolute atomic E-state index is 12.2. The third-order valence-corrected chi connectivity index (χ3v) is 2.82. The van der Waals surface area contributed by atoms with E-state index < -0.39 is 11.2 Å². The predicted molar refractivity (Wildman–Crippen MR) is 54.3 cm³/mol. The smallest absolute Gasteiger partial charge is 0.396 e. The Morgan fingerprint density at radius 1 is 1.44 bits per heavy atom. The Morgan fingerprint density at radius 2 is 2.12 bits per heavy atom. The number of halogens is 3. The summed E-state index contributed by atoms with van der Waals surface area (Å²) in [6.45, 7) is 2.41. The van der Waals surface area contributed by atoms with E-state index in [0.717, 1.165) is 0 Å². The Labute approximate surface area is 94.5 Å². The molecule has 0 spiro atoms. The fourth-order valence-corrected chi connectivity index (χ4v) is 1.61. The zero-order chi connectivity index (χ0) is 12.2. The van der Waals surface area contributed by atoms with E-state index in [4.69, 9.17) is 5.11 Å². The molecule has 1 aromatic rings. The molecule has 1 atom stereocenters. The quantitative estimate of drug-likeness (QED) is 0.844. The lowest BCUT2D eigenvalue weighted by molar-refractivity contribution is -0.138. The number of aliphatic hydroxyl groups is 1. The Kier molecular flexibility index (Phi) is 4.48. The van der Waals surface area contributed by atoms with Crippen molar-refractivity contribution in [2.24, 2.45) is 5.92 Å². The highest BCUT2D eigenvalue weighted by atomic mass is 32.1. The van der Waals surface area contributed by atoms with Crippen LogP contribution in [0, 0.1) is 5.92 Å². The third-order valence-electron chi connectivity index (χ3n) is 1.89. The summed E-state index contributed by atoms with van der Waals surface area (Å²) in [7, 11) is 0. The van der Waals surface area contributed by atoms with Gasteiger partial charge in [0.2, 0.25) is 10.1 Å². The minimum Gasteiger partial charge on any atom is -0.396 e. The van der Waals surface area contributed by atoms with E-state index >= 15 is 0 Å². The van der Waals surface area contributed by atoms with E-state index in [1.807, 2.05) is 6.92 Å². The van der Waals surface area contributed by atoms with Crippen LogP contribution >= 0.6 is 11.3 Å². The molecule has 8 heteroatoms. The lowest BCUT2D eigenvalue weighted by Gasteiger charge is -2.09. The van der Waals surface area contributed by atoms with E-state index in [1.165, 1.54) is 0 Å². The van der Waals surface area contributed by atoms with Crippen LogP contribution in [0.2, 0.25) is 0 Å². The van der Waals surface area contributed by atoms with Gasteiger partial charge < -0.3 is 10.4 Å². The normalized spacial score (nSPS) is 13.8. The summed E-state index contributed by atoms with van der Waals surface area (Å²) in [6, 6.07) is 0. The number of aromatic nitrogens is 2. The Morgan fingerprint density at radius 3 is 2.62 bits per heavy atom. The molecule has 4 nitrogen and oxygen atoms in total. The molecule has 0 amide bonds. The van der Waals surface area contributed by atoms with Crippen molar-refractivity contribution in [3.8, 4) is 0 Å². The molecule has 0 saturated heterocycles. The summed E-state index contributed by atoms with van der Waals surface area (Å²) in [4.78, 5) is 0. The monoisotopic (exact) mass is 255 g/mol. The van der Waals surface area contributed by atoms with E-state index in [-0.39, 0.29) is 17.7 Å². The molecule has 0 aliphatic carbocycles. The van der Waals surface area contributed by atoms with Crippen molar-refractivity contribution in [3.05, 3.63) is 5.01 Å². The van der Waals surface area contributed by atoms with E-state index in [0.29, 0.717) is 24.3 Å². The number of hydrogen-bond donors (Lipinski definition) is 2. The molecule has 0 aliphatic rings. The number of aliphatic hydroxyl groups excluding tert-OH is 1. The van der Waals surface area contributed by atoms with Gasteiger partial charge >= 0.3 is 6.18 Å². The molecule has 0 aliphatic heterocycles. The van der Waals surface area contributed by atoms with Crippen molar-refractivity contribution in [1.29, 1.82) is 0 Å². The predicted octanol–water partition coefficient (Wildman–Crippen LogP) is 1.99. The fourth-order valence-electron chi connectivity index (χ4n) is 0.993. The molecular formula is C8H12F3N3OS. The lowest BCUT2D eigenvalue weighted by Crippen LogP contribution is -2.12. The van der Waals surface area contributed by atoms with E-state index in [9.17, 15) is 13.2 Å². The average Bonchev–Trinajstić information content (AvgIpc) is 2.63. The molecule has 0 aromatic carbocycles. The fraction of sp³-hybridized carbons (Fsp3) is 0.750. The first-order chi connectivity index (χ1) is 7.43. The molecule has 2 N–H and O–H groups in total. The minimum atomic E-state index is -4.44. The van der Waals surface area contributed by atoms with Gasteiger partial charge in [0, 0.05) is 13.2 Å². The number of hydrogen-bond acceptors (Lipinski definition) is 5. The number of rotatable bonds is 5. The molecule has 0 saturated carbocycles. The molecule has 1 rings (SSSR count). The van der Waals surface area contributed by atoms with Gasteiger partial charge in [-0.1, -0.05) is 18.3 Å². The third kappa shape index (κ3) is 3.93. The second-order valence-electron chi connectivity index (χ2n) is 3.41. The highest BCUT2D eigenvalue weighted by molar-refractivity contribution is 7.15. The van der Waals surface area contributed by atoms with Crippen LogP contribution in [0.5, 0.6) is 0 Å². The van der Waals surface area contributed by atoms with Gasteiger partial charge in [0.25, 0.3) is 0 Å². The van der Waals surface area contributed by atoms with Crippen LogP contribution in [0.1, 0.15) is 18.4 Å². The lowest BCUT2D eigenvalue weighted by atomic mass is 10.1. The van der Waals surface area contributed by atoms with Crippen LogP contribution in [0.25, 0.3) is 0 Å². The van der Waals surface area contributed by atoms with E-state index in [1.54, 1.807) is 0 Å². The summed E-state index contributed by atoms with van der Waals surface area (Å²) >= 11 is 0.479. The Balaban J connectivity index is 2.47. The van der Waals surface area contributed by atoms with Crippen LogP contribution in [0.15, 0.2) is 0 Å². The minimum absolute atomic E-state index is 0.0623. The summed E-state index contributed by atoms with van der Waals surface area (Å²) in [5.74, 6) is 0.170. The SMILES string of the molecule is C[C@@H](CCO)CNc1nnc(C(F)(F)F)s1. The molecule has 92 valence electrons. The first kappa shape index (κ1) is 13.2. The Bertz CT molecular complexity index is 329. The largest absolute Gasteiger partial charge is 0.445 e. The van der Waals surface area contributed by atoms with Gasteiger partial charge in [0.1, 0.15) is 0 Å². The maximum Gasteiger partial charge on any atom is 0.445 e. The highest BCUT2D eigenvalue weighted by Crippen LogP contribution is 2.32. The summed E-state index contributed by atoms with van der Waals surface area (Å²) in [5.41, 5.74) is 0. The van der Waals surface area contributed by atoms with Crippen LogP contribution in [0.3, 0.4) is 0 Å². The second-order valence-corrected chi connectivity index (χ2v) is 4.39. The molecule has 0 unspecified atom stereocenters. The van der Waals surface area contributed by atoms with Gasteiger partial charge in [0.15, 0.2) is 0 Å². The molecule has 0 bridgehead atoms. The molecule has 1 heterocycles.